The molecule has 0 saturated carbocycles. The van der Waals surface area contributed by atoms with Gasteiger partial charge in [0.15, 0.2) is 11.5 Å². The molecule has 0 bridgehead atoms. The van der Waals surface area contributed by atoms with E-state index in [-0.39, 0.29) is 30.5 Å². The Morgan fingerprint density at radius 2 is 1.86 bits per heavy atom. The average molecular weight is 478 g/mol. The van der Waals surface area contributed by atoms with E-state index in [9.17, 15) is 9.18 Å². The first kappa shape index (κ1) is 24.4. The molecule has 2 aromatic carbocycles. The summed E-state index contributed by atoms with van der Waals surface area (Å²) >= 11 is 0. The van der Waals surface area contributed by atoms with Crippen LogP contribution in [0.25, 0.3) is 5.76 Å². The highest BCUT2D eigenvalue weighted by Crippen LogP contribution is 2.32. The molecule has 3 aromatic rings. The number of aromatic nitrogens is 1. The van der Waals surface area contributed by atoms with Crippen LogP contribution in [-0.4, -0.2) is 30.8 Å². The van der Waals surface area contributed by atoms with Crippen LogP contribution >= 0.6 is 0 Å². The summed E-state index contributed by atoms with van der Waals surface area (Å²) in [5.74, 6) is -0.613. The lowest BCUT2D eigenvalue weighted by Crippen LogP contribution is -2.38. The van der Waals surface area contributed by atoms with Gasteiger partial charge < -0.3 is 25.3 Å². The summed E-state index contributed by atoms with van der Waals surface area (Å²) in [6, 6.07) is 17.9. The number of ether oxygens (including phenoxy) is 3. The van der Waals surface area contributed by atoms with E-state index in [1.165, 1.54) is 19.2 Å². The fourth-order valence-corrected chi connectivity index (χ4v) is 3.84. The van der Waals surface area contributed by atoms with Crippen molar-refractivity contribution in [2.45, 2.75) is 32.2 Å². The van der Waals surface area contributed by atoms with Gasteiger partial charge in [0, 0.05) is 18.9 Å². The Hall–Kier alpha value is -3.75. The van der Waals surface area contributed by atoms with E-state index >= 15 is 0 Å². The third-order valence-corrected chi connectivity index (χ3v) is 5.51. The van der Waals surface area contributed by atoms with Crippen molar-refractivity contribution in [2.24, 2.45) is 5.73 Å². The normalized spacial score (nSPS) is 15.7. The third kappa shape index (κ3) is 6.03. The maximum absolute atomic E-state index is 13.3. The molecule has 2 heterocycles. The zero-order chi connectivity index (χ0) is 24.8. The molecule has 0 spiro atoms. The number of methoxy groups -OCH3 is 1. The molecular weight excluding hydrogens is 449 g/mol. The topological polar surface area (TPSA) is 95.7 Å². The molecule has 4 rings (SSSR count). The number of nitrogens with zero attached hydrogens (tertiary/aromatic N) is 1. The number of hydrogen-bond acceptors (Lipinski definition) is 7. The third-order valence-electron chi connectivity index (χ3n) is 5.51. The summed E-state index contributed by atoms with van der Waals surface area (Å²) in [4.78, 5) is 17.6. The van der Waals surface area contributed by atoms with Gasteiger partial charge in [-0.25, -0.2) is 9.18 Å². The smallest absolute Gasteiger partial charge is 0.358 e. The second kappa shape index (κ2) is 11.1. The molecule has 0 saturated heterocycles. The van der Waals surface area contributed by atoms with E-state index < -0.39 is 18.2 Å². The number of carbonyl (C=O) groups excluding carboxylic acids is 1. The number of rotatable bonds is 9. The van der Waals surface area contributed by atoms with Gasteiger partial charge in [0.2, 0.25) is 0 Å². The van der Waals surface area contributed by atoms with Crippen molar-refractivity contribution < 1.29 is 23.4 Å². The second-order valence-corrected chi connectivity index (χ2v) is 8.36. The molecule has 2 atom stereocenters. The maximum atomic E-state index is 13.3. The van der Waals surface area contributed by atoms with E-state index in [0.717, 1.165) is 16.7 Å². The molecule has 3 N–H and O–H groups in total. The number of benzene rings is 2. The van der Waals surface area contributed by atoms with Crippen LogP contribution < -0.4 is 11.1 Å². The Balaban J connectivity index is 1.66. The number of halogens is 1. The lowest BCUT2D eigenvalue weighted by molar-refractivity contribution is -0.146. The summed E-state index contributed by atoms with van der Waals surface area (Å²) < 4.78 is 30.0. The van der Waals surface area contributed by atoms with Gasteiger partial charge in [-0.05, 0) is 48.2 Å². The fourth-order valence-electron chi connectivity index (χ4n) is 3.84. The van der Waals surface area contributed by atoms with Crippen molar-refractivity contribution in [1.82, 2.24) is 10.3 Å². The number of nitrogens with two attached hydrogens (primary N) is 1. The first-order chi connectivity index (χ1) is 16.9. The Bertz CT molecular complexity index is 1200. The van der Waals surface area contributed by atoms with Crippen LogP contribution in [-0.2, 0) is 32.0 Å². The maximum Gasteiger partial charge on any atom is 0.358 e. The number of carbonyl (C=O) groups is 1. The van der Waals surface area contributed by atoms with Crippen molar-refractivity contribution >= 4 is 11.7 Å². The standard InChI is InChI=1S/C27H28FN3O4/c1-17(15-33-2)35-27(32)24-25(34-16-19-6-4-3-5-7-19)23-22(26(29)31-24)13-20(14-30-23)12-18-8-10-21(28)11-9-18/h3-11,13-14,17,26,31H,12,15-16,29H2,1-2H3. The van der Waals surface area contributed by atoms with Gasteiger partial charge in [0.1, 0.15) is 30.4 Å². The minimum absolute atomic E-state index is 0.114. The van der Waals surface area contributed by atoms with Crippen LogP contribution in [0, 0.1) is 5.82 Å². The molecule has 1 aromatic heterocycles. The lowest BCUT2D eigenvalue weighted by Gasteiger charge is -2.28. The van der Waals surface area contributed by atoms with E-state index in [0.29, 0.717) is 17.7 Å². The quantitative estimate of drug-likeness (QED) is 0.452. The number of pyridine rings is 1. The summed E-state index contributed by atoms with van der Waals surface area (Å²) in [5.41, 5.74) is 10.4. The van der Waals surface area contributed by atoms with Crippen molar-refractivity contribution in [1.29, 1.82) is 0 Å². The molecule has 2 unspecified atom stereocenters. The highest BCUT2D eigenvalue weighted by Gasteiger charge is 2.32. The number of nitrogens with one attached hydrogen (secondary N) is 1. The van der Waals surface area contributed by atoms with Gasteiger partial charge in [-0.15, -0.1) is 0 Å². The zero-order valence-corrected chi connectivity index (χ0v) is 19.7. The van der Waals surface area contributed by atoms with Crippen LogP contribution in [0.3, 0.4) is 0 Å². The predicted molar refractivity (Wildman–Crippen MR) is 129 cm³/mol. The molecule has 0 amide bonds. The van der Waals surface area contributed by atoms with Crippen LogP contribution in [0.4, 0.5) is 4.39 Å². The van der Waals surface area contributed by atoms with Crippen molar-refractivity contribution in [3.63, 3.8) is 0 Å². The van der Waals surface area contributed by atoms with Crippen LogP contribution in [0.2, 0.25) is 0 Å². The molecule has 1 aliphatic heterocycles. The molecule has 35 heavy (non-hydrogen) atoms. The summed E-state index contributed by atoms with van der Waals surface area (Å²) in [6.45, 7) is 2.23. The summed E-state index contributed by atoms with van der Waals surface area (Å²) in [6.07, 6.45) is 1.11. The van der Waals surface area contributed by atoms with E-state index in [2.05, 4.69) is 10.3 Å². The zero-order valence-electron chi connectivity index (χ0n) is 19.7. The van der Waals surface area contributed by atoms with Gasteiger partial charge in [-0.3, -0.25) is 4.98 Å². The Labute approximate surface area is 203 Å². The molecule has 8 heteroatoms. The van der Waals surface area contributed by atoms with E-state index in [4.69, 9.17) is 19.9 Å². The minimum atomic E-state index is -0.699. The summed E-state index contributed by atoms with van der Waals surface area (Å²) in [5, 5.41) is 3.03. The van der Waals surface area contributed by atoms with Crippen molar-refractivity contribution in [3.8, 4) is 0 Å². The monoisotopic (exact) mass is 477 g/mol. The highest BCUT2D eigenvalue weighted by atomic mass is 19.1. The van der Waals surface area contributed by atoms with Gasteiger partial charge >= 0.3 is 5.97 Å². The molecular formula is C27H28FN3O4. The van der Waals surface area contributed by atoms with Crippen molar-refractivity contribution in [3.05, 3.63) is 106 Å². The van der Waals surface area contributed by atoms with Crippen LogP contribution in [0.15, 0.2) is 72.6 Å². The largest absolute Gasteiger partial charge is 0.484 e. The molecule has 0 fully saturated rings. The molecule has 1 aliphatic rings. The first-order valence-electron chi connectivity index (χ1n) is 11.3. The highest BCUT2D eigenvalue weighted by molar-refractivity contribution is 5.96. The lowest BCUT2D eigenvalue weighted by atomic mass is 9.99. The van der Waals surface area contributed by atoms with E-state index in [1.54, 1.807) is 25.3 Å². The number of fused-ring (bicyclic) bond motifs is 1. The van der Waals surface area contributed by atoms with Crippen LogP contribution in [0.1, 0.15) is 41.0 Å². The van der Waals surface area contributed by atoms with Gasteiger partial charge in [-0.2, -0.15) is 0 Å². The second-order valence-electron chi connectivity index (χ2n) is 8.36. The van der Waals surface area contributed by atoms with Crippen molar-refractivity contribution in [2.75, 3.05) is 13.7 Å². The Morgan fingerprint density at radius 1 is 1.11 bits per heavy atom. The Morgan fingerprint density at radius 3 is 2.57 bits per heavy atom. The summed E-state index contributed by atoms with van der Waals surface area (Å²) in [7, 11) is 1.54. The SMILES string of the molecule is COCC(C)OC(=O)C1=C(OCc2ccccc2)c2ncc(Cc3ccc(F)cc3)cc2C(N)N1. The molecule has 182 valence electrons. The van der Waals surface area contributed by atoms with E-state index in [1.807, 2.05) is 36.4 Å². The van der Waals surface area contributed by atoms with Gasteiger partial charge in [0.05, 0.1) is 6.61 Å². The van der Waals surface area contributed by atoms with Crippen LogP contribution in [0.5, 0.6) is 0 Å². The molecule has 0 aliphatic carbocycles. The van der Waals surface area contributed by atoms with Gasteiger partial charge in [0.25, 0.3) is 0 Å². The number of esters is 1. The molecule has 0 radical (unpaired) electrons. The van der Waals surface area contributed by atoms with Gasteiger partial charge in [-0.1, -0.05) is 42.5 Å². The predicted octanol–water partition coefficient (Wildman–Crippen LogP) is 3.84. The molecule has 7 nitrogen and oxygen atoms in total. The first-order valence-corrected chi connectivity index (χ1v) is 11.3. The number of hydrogen-bond donors (Lipinski definition) is 2. The Kier molecular flexibility index (Phi) is 7.74. The fraction of sp³-hybridized carbons (Fsp3) is 0.259. The average Bonchev–Trinajstić information content (AvgIpc) is 2.85. The minimum Gasteiger partial charge on any atom is -0.484 e.